The van der Waals surface area contributed by atoms with Crippen LogP contribution in [0.3, 0.4) is 0 Å². The lowest BCUT2D eigenvalue weighted by Gasteiger charge is -2.10. The Morgan fingerprint density at radius 1 is 1.38 bits per heavy atom. The molecule has 1 aromatic heterocycles. The minimum absolute atomic E-state index is 0.325. The number of nitrogens with zero attached hydrogens (tertiary/aromatic N) is 2. The Morgan fingerprint density at radius 2 is 2.12 bits per heavy atom. The number of aromatic nitrogens is 2. The van der Waals surface area contributed by atoms with Crippen molar-refractivity contribution < 1.29 is 9.84 Å². The molecule has 0 aliphatic rings. The highest BCUT2D eigenvalue weighted by Crippen LogP contribution is 2.12. The summed E-state index contributed by atoms with van der Waals surface area (Å²) in [6.45, 7) is 6.40. The monoisotopic (exact) mass is 224 g/mol. The zero-order valence-corrected chi connectivity index (χ0v) is 10.2. The molecule has 0 radical (unpaired) electrons. The number of aliphatic hydroxyl groups is 1. The highest BCUT2D eigenvalue weighted by atomic mass is 16.5. The highest BCUT2D eigenvalue weighted by molar-refractivity contribution is 5.16. The minimum Gasteiger partial charge on any atom is -0.478 e. The van der Waals surface area contributed by atoms with Crippen LogP contribution in [0.4, 0.5) is 0 Å². The first-order chi connectivity index (χ1) is 7.65. The average Bonchev–Trinajstić information content (AvgIpc) is 2.17. The summed E-state index contributed by atoms with van der Waals surface area (Å²) in [5.74, 6) is 1.28. The number of hydrogen-bond acceptors (Lipinski definition) is 4. The van der Waals surface area contributed by atoms with Gasteiger partial charge in [-0.2, -0.15) is 4.98 Å². The van der Waals surface area contributed by atoms with Crippen LogP contribution in [0.1, 0.15) is 38.2 Å². The van der Waals surface area contributed by atoms with Gasteiger partial charge in [0.25, 0.3) is 0 Å². The summed E-state index contributed by atoms with van der Waals surface area (Å²) in [6.07, 6.45) is 2.02. The van der Waals surface area contributed by atoms with Gasteiger partial charge in [0.2, 0.25) is 5.88 Å². The van der Waals surface area contributed by atoms with Crippen LogP contribution in [0.2, 0.25) is 0 Å². The van der Waals surface area contributed by atoms with Gasteiger partial charge in [-0.15, -0.1) is 0 Å². The summed E-state index contributed by atoms with van der Waals surface area (Å²) >= 11 is 0. The second kappa shape index (κ2) is 6.43. The van der Waals surface area contributed by atoms with Gasteiger partial charge in [-0.3, -0.25) is 0 Å². The predicted molar refractivity (Wildman–Crippen MR) is 62.6 cm³/mol. The molecule has 0 spiro atoms. The molecule has 1 unspecified atom stereocenters. The van der Waals surface area contributed by atoms with E-state index in [-0.39, 0.29) is 6.10 Å². The lowest BCUT2D eigenvalue weighted by Crippen LogP contribution is -2.12. The molecule has 0 aromatic carbocycles. The number of rotatable bonds is 6. The second-order valence-corrected chi connectivity index (χ2v) is 3.82. The van der Waals surface area contributed by atoms with E-state index in [1.54, 1.807) is 6.07 Å². The van der Waals surface area contributed by atoms with Gasteiger partial charge < -0.3 is 9.84 Å². The Labute approximate surface area is 96.7 Å². The first kappa shape index (κ1) is 12.9. The minimum atomic E-state index is -0.325. The van der Waals surface area contributed by atoms with Crippen molar-refractivity contribution in [2.24, 2.45) is 0 Å². The fourth-order valence-corrected chi connectivity index (χ4v) is 1.60. The molecular weight excluding hydrogens is 204 g/mol. The van der Waals surface area contributed by atoms with E-state index in [1.165, 1.54) is 0 Å². The molecule has 90 valence electrons. The smallest absolute Gasteiger partial charge is 0.216 e. The molecule has 0 aliphatic carbocycles. The summed E-state index contributed by atoms with van der Waals surface area (Å²) < 4.78 is 5.34. The van der Waals surface area contributed by atoms with Crippen LogP contribution in [-0.2, 0) is 6.42 Å². The van der Waals surface area contributed by atoms with Crippen molar-refractivity contribution in [2.75, 3.05) is 6.61 Å². The van der Waals surface area contributed by atoms with Crippen molar-refractivity contribution in [2.45, 2.75) is 46.1 Å². The van der Waals surface area contributed by atoms with E-state index in [1.807, 2.05) is 13.8 Å². The standard InChI is InChI=1S/C12H20N2O2/c1-4-6-11(15)7-10-8-12(16-5-2)14-9(3)13-10/h8,11,15H,4-7H2,1-3H3. The molecule has 0 aliphatic heterocycles. The van der Waals surface area contributed by atoms with Crippen molar-refractivity contribution in [3.63, 3.8) is 0 Å². The Hall–Kier alpha value is -1.16. The third-order valence-electron chi connectivity index (χ3n) is 2.23. The van der Waals surface area contributed by atoms with Gasteiger partial charge in [-0.05, 0) is 20.3 Å². The number of hydrogen-bond donors (Lipinski definition) is 1. The van der Waals surface area contributed by atoms with Crippen LogP contribution in [0.15, 0.2) is 6.07 Å². The number of aliphatic hydroxyl groups excluding tert-OH is 1. The molecule has 0 saturated carbocycles. The molecule has 4 nitrogen and oxygen atoms in total. The van der Waals surface area contributed by atoms with Gasteiger partial charge in [0.1, 0.15) is 5.82 Å². The van der Waals surface area contributed by atoms with E-state index < -0.39 is 0 Å². The molecule has 0 bridgehead atoms. The number of ether oxygens (including phenoxy) is 1. The van der Waals surface area contributed by atoms with Crippen LogP contribution < -0.4 is 4.74 Å². The first-order valence-electron chi connectivity index (χ1n) is 5.81. The van der Waals surface area contributed by atoms with E-state index in [2.05, 4.69) is 16.9 Å². The lowest BCUT2D eigenvalue weighted by molar-refractivity contribution is 0.162. The zero-order valence-electron chi connectivity index (χ0n) is 10.2. The van der Waals surface area contributed by atoms with Crippen LogP contribution in [0, 0.1) is 6.92 Å². The van der Waals surface area contributed by atoms with Crippen molar-refractivity contribution in [1.82, 2.24) is 9.97 Å². The van der Waals surface area contributed by atoms with E-state index in [9.17, 15) is 5.11 Å². The van der Waals surface area contributed by atoms with Gasteiger partial charge in [0.15, 0.2) is 0 Å². The first-order valence-corrected chi connectivity index (χ1v) is 5.81. The van der Waals surface area contributed by atoms with Crippen molar-refractivity contribution in [3.05, 3.63) is 17.6 Å². The molecule has 1 heterocycles. The molecule has 0 amide bonds. The topological polar surface area (TPSA) is 55.2 Å². The second-order valence-electron chi connectivity index (χ2n) is 3.82. The molecular formula is C12H20N2O2. The van der Waals surface area contributed by atoms with Crippen LogP contribution in [-0.4, -0.2) is 27.8 Å². The third kappa shape index (κ3) is 4.14. The quantitative estimate of drug-likeness (QED) is 0.801. The maximum Gasteiger partial charge on any atom is 0.216 e. The van der Waals surface area contributed by atoms with Crippen molar-refractivity contribution in [3.8, 4) is 5.88 Å². The summed E-state index contributed by atoms with van der Waals surface area (Å²) in [5.41, 5.74) is 0.844. The molecule has 4 heteroatoms. The Kier molecular flexibility index (Phi) is 5.19. The average molecular weight is 224 g/mol. The Morgan fingerprint density at radius 3 is 2.75 bits per heavy atom. The normalized spacial score (nSPS) is 12.5. The van der Waals surface area contributed by atoms with E-state index in [4.69, 9.17) is 4.74 Å². The fraction of sp³-hybridized carbons (Fsp3) is 0.667. The largest absolute Gasteiger partial charge is 0.478 e. The Balaban J connectivity index is 2.71. The summed E-state index contributed by atoms with van der Waals surface area (Å²) in [5, 5.41) is 9.71. The van der Waals surface area contributed by atoms with Gasteiger partial charge in [-0.25, -0.2) is 4.98 Å². The summed E-state index contributed by atoms with van der Waals surface area (Å²) in [6, 6.07) is 1.80. The summed E-state index contributed by atoms with van der Waals surface area (Å²) in [7, 11) is 0. The molecule has 0 saturated heterocycles. The van der Waals surface area contributed by atoms with Gasteiger partial charge in [0, 0.05) is 12.5 Å². The number of aryl methyl sites for hydroxylation is 1. The predicted octanol–water partition coefficient (Wildman–Crippen LogP) is 1.89. The van der Waals surface area contributed by atoms with Gasteiger partial charge in [-0.1, -0.05) is 13.3 Å². The van der Waals surface area contributed by atoms with Crippen molar-refractivity contribution >= 4 is 0 Å². The highest BCUT2D eigenvalue weighted by Gasteiger charge is 2.08. The SMILES string of the molecule is CCCC(O)Cc1cc(OCC)nc(C)n1. The third-order valence-corrected chi connectivity index (χ3v) is 2.23. The van der Waals surface area contributed by atoms with E-state index in [0.29, 0.717) is 24.7 Å². The van der Waals surface area contributed by atoms with Crippen LogP contribution in [0.25, 0.3) is 0 Å². The molecule has 1 aromatic rings. The van der Waals surface area contributed by atoms with Crippen molar-refractivity contribution in [1.29, 1.82) is 0 Å². The Bertz CT molecular complexity index is 329. The molecule has 1 N–H and O–H groups in total. The maximum atomic E-state index is 9.71. The van der Waals surface area contributed by atoms with E-state index >= 15 is 0 Å². The lowest BCUT2D eigenvalue weighted by atomic mass is 10.1. The van der Waals surface area contributed by atoms with Gasteiger partial charge >= 0.3 is 0 Å². The van der Waals surface area contributed by atoms with Gasteiger partial charge in [0.05, 0.1) is 18.4 Å². The van der Waals surface area contributed by atoms with Crippen LogP contribution >= 0.6 is 0 Å². The molecule has 0 fully saturated rings. The van der Waals surface area contributed by atoms with E-state index in [0.717, 1.165) is 18.5 Å². The maximum absolute atomic E-state index is 9.71. The van der Waals surface area contributed by atoms with Crippen LogP contribution in [0.5, 0.6) is 5.88 Å². The molecule has 1 rings (SSSR count). The molecule has 1 atom stereocenters. The fourth-order valence-electron chi connectivity index (χ4n) is 1.60. The zero-order chi connectivity index (χ0) is 12.0. The molecule has 16 heavy (non-hydrogen) atoms. The summed E-state index contributed by atoms with van der Waals surface area (Å²) in [4.78, 5) is 8.45.